The third-order valence-corrected chi connectivity index (χ3v) is 9.13. The first-order valence-corrected chi connectivity index (χ1v) is 15.0. The number of benzene rings is 5. The zero-order chi connectivity index (χ0) is 28.3. The molecule has 2 N–H and O–H groups in total. The van der Waals surface area contributed by atoms with Gasteiger partial charge in [-0.2, -0.15) is 5.10 Å². The molecule has 4 heteroatoms. The number of hydrazone groups is 1. The van der Waals surface area contributed by atoms with E-state index in [1.54, 1.807) is 0 Å². The quantitative estimate of drug-likeness (QED) is 0.0972. The van der Waals surface area contributed by atoms with Gasteiger partial charge in [-0.15, -0.1) is 11.3 Å². The van der Waals surface area contributed by atoms with Gasteiger partial charge in [0, 0.05) is 36.9 Å². The van der Waals surface area contributed by atoms with Crippen LogP contribution in [0.1, 0.15) is 40.7 Å². The highest BCUT2D eigenvalue weighted by atomic mass is 32.1. The highest BCUT2D eigenvalue weighted by Crippen LogP contribution is 2.42. The molecule has 1 aliphatic rings. The summed E-state index contributed by atoms with van der Waals surface area (Å²) in [6.07, 6.45) is 6.66. The summed E-state index contributed by atoms with van der Waals surface area (Å²) in [5.41, 5.74) is 9.23. The maximum absolute atomic E-state index is 5.91. The molecule has 1 aromatic heterocycles. The second-order valence-corrected chi connectivity index (χ2v) is 11.4. The van der Waals surface area contributed by atoms with Gasteiger partial charge in [0.1, 0.15) is 0 Å². The number of hydrogen-bond acceptors (Lipinski definition) is 3. The van der Waals surface area contributed by atoms with Gasteiger partial charge in [-0.05, 0) is 35.1 Å². The van der Waals surface area contributed by atoms with Gasteiger partial charge in [0.05, 0.1) is 5.71 Å². The van der Waals surface area contributed by atoms with Gasteiger partial charge >= 0.3 is 0 Å². The van der Waals surface area contributed by atoms with Crippen LogP contribution in [-0.2, 0) is 0 Å². The van der Waals surface area contributed by atoms with Crippen LogP contribution in [0.5, 0.6) is 0 Å². The van der Waals surface area contributed by atoms with Crippen LogP contribution in [0.4, 0.5) is 0 Å². The summed E-state index contributed by atoms with van der Waals surface area (Å²) in [5, 5.41) is 6.61. The van der Waals surface area contributed by atoms with E-state index >= 15 is 0 Å². The van der Waals surface area contributed by atoms with Crippen molar-refractivity contribution in [1.29, 1.82) is 0 Å². The Morgan fingerprint density at radius 2 is 1.17 bits per heavy atom. The topological polar surface area (TPSA) is 50.7 Å². The lowest BCUT2D eigenvalue weighted by Crippen LogP contribution is -2.10. The van der Waals surface area contributed by atoms with Crippen LogP contribution in [0.3, 0.4) is 0 Å². The van der Waals surface area contributed by atoms with Crippen LogP contribution in [0.2, 0.25) is 0 Å². The summed E-state index contributed by atoms with van der Waals surface area (Å²) in [6, 6.07) is 44.1. The van der Waals surface area contributed by atoms with Gasteiger partial charge < -0.3 is 5.84 Å². The number of hydrogen-bond donors (Lipinski definition) is 1. The molecule has 0 aliphatic heterocycles. The lowest BCUT2D eigenvalue weighted by Gasteiger charge is -2.16. The fraction of sp³-hybridized carbons (Fsp3) is 0.0526. The van der Waals surface area contributed by atoms with Crippen molar-refractivity contribution in [3.05, 3.63) is 167 Å². The molecule has 6 aromatic rings. The number of fused-ring (bicyclic) bond motifs is 3. The highest BCUT2D eigenvalue weighted by molar-refractivity contribution is 7.26. The zero-order valence-electron chi connectivity index (χ0n) is 23.1. The van der Waals surface area contributed by atoms with Gasteiger partial charge in [-0.25, -0.2) is 4.99 Å². The number of nitrogens with zero attached hydrogens (tertiary/aromatic N) is 2. The zero-order valence-corrected chi connectivity index (χ0v) is 23.9. The van der Waals surface area contributed by atoms with E-state index in [1.165, 1.54) is 42.4 Å². The van der Waals surface area contributed by atoms with Crippen molar-refractivity contribution >= 4 is 54.2 Å². The van der Waals surface area contributed by atoms with E-state index in [9.17, 15) is 0 Å². The van der Waals surface area contributed by atoms with Crippen molar-refractivity contribution in [2.24, 2.45) is 15.9 Å². The fourth-order valence-electron chi connectivity index (χ4n) is 5.75. The first-order valence-electron chi connectivity index (χ1n) is 14.2. The van der Waals surface area contributed by atoms with E-state index in [0.29, 0.717) is 5.84 Å². The van der Waals surface area contributed by atoms with Gasteiger partial charge in [0.2, 0.25) is 0 Å². The molecule has 1 heterocycles. The molecule has 0 saturated carbocycles. The number of thiophene rings is 1. The molecular formula is C38H29N3S. The maximum atomic E-state index is 5.91. The second kappa shape index (κ2) is 11.4. The number of aliphatic imine (C=N–C) groups is 1. The molecule has 3 nitrogen and oxygen atoms in total. The Morgan fingerprint density at radius 1 is 0.571 bits per heavy atom. The molecule has 202 valence electrons. The molecule has 0 atom stereocenters. The molecule has 0 saturated heterocycles. The standard InChI is InChI=1S/C38H29N3S/c39-41-38(30-16-8-3-9-17-30)40-35(29-14-6-2-7-15-29)34-21-11-20-33-32-19-10-18-31(36(32)42-37(33)34)28-24-22-27(23-25-28)26-12-4-1-5-13-26/h1-22,24H,23,25,39H2/b40-35?,41-38-. The maximum Gasteiger partial charge on any atom is 0.179 e. The fourth-order valence-corrected chi connectivity index (χ4v) is 7.12. The highest BCUT2D eigenvalue weighted by Gasteiger charge is 2.19. The van der Waals surface area contributed by atoms with Crippen LogP contribution in [0, 0.1) is 0 Å². The Morgan fingerprint density at radius 3 is 1.83 bits per heavy atom. The molecular weight excluding hydrogens is 531 g/mol. The third-order valence-electron chi connectivity index (χ3n) is 7.84. The van der Waals surface area contributed by atoms with Gasteiger partial charge in [-0.3, -0.25) is 0 Å². The summed E-state index contributed by atoms with van der Waals surface area (Å²) in [5.74, 6) is 6.41. The summed E-state index contributed by atoms with van der Waals surface area (Å²) >= 11 is 1.85. The Kier molecular flexibility index (Phi) is 7.05. The Bertz CT molecular complexity index is 2020. The number of allylic oxidation sites excluding steroid dienone is 4. The monoisotopic (exact) mass is 559 g/mol. The summed E-state index contributed by atoms with van der Waals surface area (Å²) in [6.45, 7) is 0. The van der Waals surface area contributed by atoms with E-state index in [4.69, 9.17) is 10.8 Å². The van der Waals surface area contributed by atoms with Crippen molar-refractivity contribution in [1.82, 2.24) is 0 Å². The largest absolute Gasteiger partial charge is 0.321 e. The van der Waals surface area contributed by atoms with Crippen molar-refractivity contribution in [3.63, 3.8) is 0 Å². The molecule has 0 spiro atoms. The molecule has 0 amide bonds. The Labute approximate surface area is 249 Å². The number of rotatable bonds is 5. The second-order valence-electron chi connectivity index (χ2n) is 10.4. The van der Waals surface area contributed by atoms with Crippen molar-refractivity contribution < 1.29 is 0 Å². The predicted octanol–water partition coefficient (Wildman–Crippen LogP) is 9.47. The van der Waals surface area contributed by atoms with E-state index in [-0.39, 0.29) is 0 Å². The summed E-state index contributed by atoms with van der Waals surface area (Å²) in [7, 11) is 0. The van der Waals surface area contributed by atoms with E-state index in [0.717, 1.165) is 35.2 Å². The third kappa shape index (κ3) is 4.87. The summed E-state index contributed by atoms with van der Waals surface area (Å²) < 4.78 is 2.52. The normalized spacial score (nSPS) is 14.2. The smallest absolute Gasteiger partial charge is 0.179 e. The molecule has 0 unspecified atom stereocenters. The van der Waals surface area contributed by atoms with Crippen LogP contribution in [0.15, 0.2) is 150 Å². The Hall–Kier alpha value is -5.06. The van der Waals surface area contributed by atoms with Crippen LogP contribution in [0.25, 0.3) is 31.3 Å². The van der Waals surface area contributed by atoms with Crippen LogP contribution < -0.4 is 5.84 Å². The van der Waals surface area contributed by atoms with Gasteiger partial charge in [-0.1, -0.05) is 140 Å². The van der Waals surface area contributed by atoms with Crippen molar-refractivity contribution in [2.45, 2.75) is 12.8 Å². The average Bonchev–Trinajstić information content (AvgIpc) is 3.46. The van der Waals surface area contributed by atoms with Gasteiger partial charge in [0.25, 0.3) is 0 Å². The first-order chi connectivity index (χ1) is 20.8. The van der Waals surface area contributed by atoms with Crippen molar-refractivity contribution in [2.75, 3.05) is 0 Å². The molecule has 5 aromatic carbocycles. The minimum absolute atomic E-state index is 0.502. The minimum Gasteiger partial charge on any atom is -0.321 e. The van der Waals surface area contributed by atoms with E-state index in [1.807, 2.05) is 59.9 Å². The molecule has 0 radical (unpaired) electrons. The lowest BCUT2D eigenvalue weighted by atomic mass is 9.89. The minimum atomic E-state index is 0.502. The first kappa shape index (κ1) is 25.9. The average molecular weight is 560 g/mol. The van der Waals surface area contributed by atoms with Crippen molar-refractivity contribution in [3.8, 4) is 0 Å². The number of nitrogens with two attached hydrogens (primary N) is 1. The molecule has 42 heavy (non-hydrogen) atoms. The van der Waals surface area contributed by atoms with Crippen LogP contribution >= 0.6 is 11.3 Å². The Balaban J connectivity index is 1.39. The van der Waals surface area contributed by atoms with Gasteiger partial charge in [0.15, 0.2) is 5.84 Å². The van der Waals surface area contributed by atoms with E-state index < -0.39 is 0 Å². The molecule has 7 rings (SSSR count). The summed E-state index contributed by atoms with van der Waals surface area (Å²) in [4.78, 5) is 5.10. The molecule has 0 fully saturated rings. The van der Waals surface area contributed by atoms with Crippen LogP contribution in [-0.4, -0.2) is 11.5 Å². The SMILES string of the molecule is N/N=C(\N=C(c1ccccc1)c1cccc2c1sc1c(C3=CC=C(c4ccccc4)CC3)cccc12)c1ccccc1. The molecule has 0 bridgehead atoms. The lowest BCUT2D eigenvalue weighted by molar-refractivity contribution is 1.07. The molecule has 1 aliphatic carbocycles. The van der Waals surface area contributed by atoms with E-state index in [2.05, 4.69) is 96.1 Å². The predicted molar refractivity (Wildman–Crippen MR) is 180 cm³/mol. The number of amidine groups is 1.